The second-order valence-corrected chi connectivity index (χ2v) is 6.50. The van der Waals surface area contributed by atoms with Crippen LogP contribution in [0.4, 0.5) is 0 Å². The van der Waals surface area contributed by atoms with Gasteiger partial charge in [0.25, 0.3) is 0 Å². The molecule has 4 nitrogen and oxygen atoms in total. The molecule has 0 saturated heterocycles. The monoisotopic (exact) mass is 250 g/mol. The van der Waals surface area contributed by atoms with E-state index in [0.717, 1.165) is 0 Å². The standard InChI is InChI=1S/C14H18O4/c1-6-7-4-5-8(15)9-10(7)14(3,18)12(17)13(6,2)11(9)16/h6-7,9-10,18H,4-5H2,1-3H3/t6-,7?,9?,10?,13+,14?/m0/s1. The van der Waals surface area contributed by atoms with Crippen LogP contribution in [0.25, 0.3) is 0 Å². The Balaban J connectivity index is 2.25. The third kappa shape index (κ3) is 1.00. The van der Waals surface area contributed by atoms with E-state index >= 15 is 0 Å². The molecule has 4 saturated carbocycles. The zero-order chi connectivity index (χ0) is 13.5. The number of carbonyl (C=O) groups excluding carboxylic acids is 3. The van der Waals surface area contributed by atoms with Crippen LogP contribution in [0.5, 0.6) is 0 Å². The summed E-state index contributed by atoms with van der Waals surface area (Å²) in [5.41, 5.74) is -2.70. The molecule has 4 aliphatic carbocycles. The van der Waals surface area contributed by atoms with E-state index < -0.39 is 22.9 Å². The van der Waals surface area contributed by atoms with E-state index in [1.807, 2.05) is 6.92 Å². The maximum Gasteiger partial charge on any atom is 0.177 e. The molecule has 4 aliphatic rings. The molecular formula is C14H18O4. The number of ketones is 3. The lowest BCUT2D eigenvalue weighted by Gasteiger charge is -2.61. The van der Waals surface area contributed by atoms with E-state index in [4.69, 9.17) is 0 Å². The molecule has 4 fully saturated rings. The molecule has 0 aromatic heterocycles. The molecule has 0 aromatic rings. The predicted octanol–water partition coefficient (Wildman–Crippen LogP) is 0.757. The van der Waals surface area contributed by atoms with Gasteiger partial charge < -0.3 is 5.11 Å². The fraction of sp³-hybridized carbons (Fsp3) is 0.786. The summed E-state index contributed by atoms with van der Waals surface area (Å²) in [5.74, 6) is -1.97. The third-order valence-electron chi connectivity index (χ3n) is 5.82. The molecule has 4 bridgehead atoms. The predicted molar refractivity (Wildman–Crippen MR) is 62.6 cm³/mol. The Bertz CT molecular complexity index is 478. The Kier molecular flexibility index (Phi) is 2.07. The zero-order valence-corrected chi connectivity index (χ0v) is 10.9. The first-order chi connectivity index (χ1) is 8.24. The topological polar surface area (TPSA) is 71.4 Å². The molecule has 0 heterocycles. The number of hydrogen-bond acceptors (Lipinski definition) is 4. The maximum atomic E-state index is 12.5. The van der Waals surface area contributed by atoms with Crippen molar-refractivity contribution in [3.8, 4) is 0 Å². The fourth-order valence-electron chi connectivity index (χ4n) is 4.67. The van der Waals surface area contributed by atoms with Gasteiger partial charge in [-0.25, -0.2) is 0 Å². The lowest BCUT2D eigenvalue weighted by Crippen LogP contribution is -2.74. The first-order valence-corrected chi connectivity index (χ1v) is 6.58. The summed E-state index contributed by atoms with van der Waals surface area (Å²) >= 11 is 0. The van der Waals surface area contributed by atoms with Gasteiger partial charge >= 0.3 is 0 Å². The Morgan fingerprint density at radius 1 is 1.22 bits per heavy atom. The minimum atomic E-state index is -1.53. The highest BCUT2D eigenvalue weighted by atomic mass is 16.3. The molecule has 0 aliphatic heterocycles. The summed E-state index contributed by atoms with van der Waals surface area (Å²) in [5, 5.41) is 10.5. The van der Waals surface area contributed by atoms with E-state index in [1.165, 1.54) is 6.92 Å². The normalized spacial score (nSPS) is 55.0. The van der Waals surface area contributed by atoms with E-state index in [9.17, 15) is 19.5 Å². The molecule has 4 unspecified atom stereocenters. The molecule has 6 atom stereocenters. The molecule has 0 aromatic carbocycles. The van der Waals surface area contributed by atoms with E-state index in [1.54, 1.807) is 6.92 Å². The second-order valence-electron chi connectivity index (χ2n) is 6.50. The summed E-state index contributed by atoms with van der Waals surface area (Å²) in [6, 6.07) is 0. The number of carbonyl (C=O) groups is 3. The van der Waals surface area contributed by atoms with Gasteiger partial charge in [-0.3, -0.25) is 14.4 Å². The smallest absolute Gasteiger partial charge is 0.177 e. The van der Waals surface area contributed by atoms with Crippen LogP contribution in [0.3, 0.4) is 0 Å². The van der Waals surface area contributed by atoms with Gasteiger partial charge in [0.05, 0.1) is 11.3 Å². The molecule has 0 amide bonds. The van der Waals surface area contributed by atoms with Crippen LogP contribution < -0.4 is 0 Å². The summed E-state index contributed by atoms with van der Waals surface area (Å²) in [7, 11) is 0. The van der Waals surface area contributed by atoms with E-state index in [2.05, 4.69) is 0 Å². The van der Waals surface area contributed by atoms with Crippen molar-refractivity contribution in [1.82, 2.24) is 0 Å². The van der Waals surface area contributed by atoms with Crippen LogP contribution in [-0.4, -0.2) is 28.1 Å². The lowest BCUT2D eigenvalue weighted by atomic mass is 9.40. The highest BCUT2D eigenvalue weighted by Gasteiger charge is 2.73. The van der Waals surface area contributed by atoms with Crippen molar-refractivity contribution in [3.05, 3.63) is 0 Å². The summed E-state index contributed by atoms with van der Waals surface area (Å²) in [6.07, 6.45) is 1.09. The van der Waals surface area contributed by atoms with Crippen molar-refractivity contribution >= 4 is 17.3 Å². The van der Waals surface area contributed by atoms with Gasteiger partial charge in [-0.15, -0.1) is 0 Å². The molecule has 98 valence electrons. The Morgan fingerprint density at radius 2 is 1.83 bits per heavy atom. The minimum absolute atomic E-state index is 0.0768. The molecule has 0 spiro atoms. The molecule has 0 radical (unpaired) electrons. The molecule has 1 N–H and O–H groups in total. The molecule has 4 heteroatoms. The number of fused-ring (bicyclic) bond motifs is 1. The number of Topliss-reactive ketones (excluding diaryl/α,β-unsaturated/α-hetero) is 3. The minimum Gasteiger partial charge on any atom is -0.382 e. The zero-order valence-electron chi connectivity index (χ0n) is 10.9. The average molecular weight is 250 g/mol. The van der Waals surface area contributed by atoms with E-state index in [-0.39, 0.29) is 29.2 Å². The highest BCUT2D eigenvalue weighted by molar-refractivity contribution is 6.21. The van der Waals surface area contributed by atoms with E-state index in [0.29, 0.717) is 12.8 Å². The maximum absolute atomic E-state index is 12.5. The van der Waals surface area contributed by atoms with Crippen LogP contribution in [0.1, 0.15) is 33.6 Å². The van der Waals surface area contributed by atoms with Crippen LogP contribution in [0.2, 0.25) is 0 Å². The van der Waals surface area contributed by atoms with Crippen molar-refractivity contribution in [2.24, 2.45) is 29.1 Å². The highest BCUT2D eigenvalue weighted by Crippen LogP contribution is 2.61. The third-order valence-corrected chi connectivity index (χ3v) is 5.82. The number of aliphatic hydroxyl groups is 1. The number of rotatable bonds is 0. The molecule has 18 heavy (non-hydrogen) atoms. The van der Waals surface area contributed by atoms with Crippen LogP contribution in [0, 0.1) is 29.1 Å². The molecular weight excluding hydrogens is 232 g/mol. The summed E-state index contributed by atoms with van der Waals surface area (Å²) < 4.78 is 0. The fourth-order valence-corrected chi connectivity index (χ4v) is 4.67. The largest absolute Gasteiger partial charge is 0.382 e. The van der Waals surface area contributed by atoms with Gasteiger partial charge in [-0.2, -0.15) is 0 Å². The van der Waals surface area contributed by atoms with Gasteiger partial charge in [-0.1, -0.05) is 6.92 Å². The SMILES string of the molecule is C[C@H]1C2CCC(=O)C3C(=O)[C@]1(C)C(=O)C(C)(O)C32. The van der Waals surface area contributed by atoms with Crippen LogP contribution >= 0.6 is 0 Å². The van der Waals surface area contributed by atoms with Gasteiger partial charge in [-0.05, 0) is 32.1 Å². The van der Waals surface area contributed by atoms with Crippen molar-refractivity contribution < 1.29 is 19.5 Å². The lowest BCUT2D eigenvalue weighted by molar-refractivity contribution is -0.205. The Morgan fingerprint density at radius 3 is 2.44 bits per heavy atom. The van der Waals surface area contributed by atoms with Gasteiger partial charge in [0, 0.05) is 12.3 Å². The second kappa shape index (κ2) is 3.10. The van der Waals surface area contributed by atoms with Gasteiger partial charge in [0.1, 0.15) is 11.4 Å². The van der Waals surface area contributed by atoms with Crippen LogP contribution in [-0.2, 0) is 14.4 Å². The van der Waals surface area contributed by atoms with Gasteiger partial charge in [0.2, 0.25) is 0 Å². The van der Waals surface area contributed by atoms with Crippen molar-refractivity contribution in [1.29, 1.82) is 0 Å². The number of hydrogen-bond donors (Lipinski definition) is 1. The van der Waals surface area contributed by atoms with Crippen molar-refractivity contribution in [3.63, 3.8) is 0 Å². The van der Waals surface area contributed by atoms with Gasteiger partial charge in [0.15, 0.2) is 11.6 Å². The first kappa shape index (κ1) is 12.0. The van der Waals surface area contributed by atoms with Crippen molar-refractivity contribution in [2.75, 3.05) is 0 Å². The Hall–Kier alpha value is -1.03. The quantitative estimate of drug-likeness (QED) is 0.644. The van der Waals surface area contributed by atoms with Crippen molar-refractivity contribution in [2.45, 2.75) is 39.2 Å². The molecule has 4 rings (SSSR count). The van der Waals surface area contributed by atoms with Crippen LogP contribution in [0.15, 0.2) is 0 Å². The summed E-state index contributed by atoms with van der Waals surface area (Å²) in [6.45, 7) is 5.01. The first-order valence-electron chi connectivity index (χ1n) is 6.58. The summed E-state index contributed by atoms with van der Waals surface area (Å²) in [4.78, 5) is 36.9. The average Bonchev–Trinajstić information content (AvgIpc) is 2.31. The Labute approximate surface area is 106 Å².